The van der Waals surface area contributed by atoms with Crippen LogP contribution in [0.2, 0.25) is 0 Å². The number of hydrogen-bond donors (Lipinski definition) is 2. The highest BCUT2D eigenvalue weighted by Crippen LogP contribution is 2.03. The summed E-state index contributed by atoms with van der Waals surface area (Å²) >= 11 is 0. The SMILES string of the molecule is N[C@@H](CC(=O)OCCCc1ccccc1)C(=O)O. The first-order chi connectivity index (χ1) is 8.59. The maximum absolute atomic E-state index is 11.2. The van der Waals surface area contributed by atoms with Crippen molar-refractivity contribution in [3.63, 3.8) is 0 Å². The van der Waals surface area contributed by atoms with E-state index in [1.165, 1.54) is 5.56 Å². The molecular weight excluding hydrogens is 234 g/mol. The van der Waals surface area contributed by atoms with E-state index in [0.29, 0.717) is 6.42 Å². The predicted octanol–water partition coefficient (Wildman–Crippen LogP) is 0.964. The third kappa shape index (κ3) is 5.45. The summed E-state index contributed by atoms with van der Waals surface area (Å²) in [5.41, 5.74) is 6.39. The number of esters is 1. The lowest BCUT2D eigenvalue weighted by atomic mass is 10.1. The molecule has 0 aliphatic rings. The Morgan fingerprint density at radius 2 is 1.94 bits per heavy atom. The topological polar surface area (TPSA) is 89.6 Å². The van der Waals surface area contributed by atoms with E-state index in [4.69, 9.17) is 15.6 Å². The normalized spacial score (nSPS) is 11.8. The Bertz CT molecular complexity index is 391. The van der Waals surface area contributed by atoms with Gasteiger partial charge in [-0.25, -0.2) is 0 Å². The predicted molar refractivity (Wildman–Crippen MR) is 66.0 cm³/mol. The molecule has 1 aromatic rings. The molecule has 1 rings (SSSR count). The number of benzene rings is 1. The summed E-state index contributed by atoms with van der Waals surface area (Å²) in [6.07, 6.45) is 1.23. The molecule has 0 fully saturated rings. The second-order valence-electron chi connectivity index (χ2n) is 3.96. The van der Waals surface area contributed by atoms with Gasteiger partial charge in [0.2, 0.25) is 0 Å². The smallest absolute Gasteiger partial charge is 0.321 e. The lowest BCUT2D eigenvalue weighted by Crippen LogP contribution is -2.33. The van der Waals surface area contributed by atoms with E-state index in [-0.39, 0.29) is 13.0 Å². The molecule has 0 unspecified atom stereocenters. The molecule has 0 aliphatic carbocycles. The van der Waals surface area contributed by atoms with Gasteiger partial charge in [0.1, 0.15) is 6.04 Å². The van der Waals surface area contributed by atoms with Crippen molar-refractivity contribution in [2.75, 3.05) is 6.61 Å². The minimum Gasteiger partial charge on any atom is -0.480 e. The second kappa shape index (κ2) is 7.45. The van der Waals surface area contributed by atoms with Crippen LogP contribution < -0.4 is 5.73 Å². The lowest BCUT2D eigenvalue weighted by Gasteiger charge is -2.07. The molecule has 3 N–H and O–H groups in total. The number of carbonyl (C=O) groups is 2. The summed E-state index contributed by atoms with van der Waals surface area (Å²) in [6.45, 7) is 0.278. The molecule has 0 heterocycles. The van der Waals surface area contributed by atoms with E-state index in [1.807, 2.05) is 30.3 Å². The maximum Gasteiger partial charge on any atom is 0.321 e. The van der Waals surface area contributed by atoms with Crippen molar-refractivity contribution >= 4 is 11.9 Å². The molecular formula is C13H17NO4. The van der Waals surface area contributed by atoms with E-state index >= 15 is 0 Å². The minimum atomic E-state index is -1.20. The molecule has 1 aromatic carbocycles. The van der Waals surface area contributed by atoms with Gasteiger partial charge in [-0.2, -0.15) is 0 Å². The Hall–Kier alpha value is -1.88. The van der Waals surface area contributed by atoms with Gasteiger partial charge >= 0.3 is 11.9 Å². The first kappa shape index (κ1) is 14.2. The molecule has 0 saturated carbocycles. The van der Waals surface area contributed by atoms with Crippen molar-refractivity contribution in [3.05, 3.63) is 35.9 Å². The van der Waals surface area contributed by atoms with Crippen molar-refractivity contribution in [1.82, 2.24) is 0 Å². The van der Waals surface area contributed by atoms with Gasteiger partial charge in [-0.15, -0.1) is 0 Å². The number of carboxylic acids is 1. The summed E-state index contributed by atoms with van der Waals surface area (Å²) in [7, 11) is 0. The van der Waals surface area contributed by atoms with Gasteiger partial charge in [-0.1, -0.05) is 30.3 Å². The molecule has 1 atom stereocenters. The van der Waals surface area contributed by atoms with E-state index in [2.05, 4.69) is 0 Å². The molecule has 0 spiro atoms. The average molecular weight is 251 g/mol. The zero-order valence-corrected chi connectivity index (χ0v) is 10.0. The first-order valence-electron chi connectivity index (χ1n) is 5.77. The molecule has 5 nitrogen and oxygen atoms in total. The van der Waals surface area contributed by atoms with Gasteiger partial charge in [0.15, 0.2) is 0 Å². The second-order valence-corrected chi connectivity index (χ2v) is 3.96. The van der Waals surface area contributed by atoms with E-state index in [1.54, 1.807) is 0 Å². The van der Waals surface area contributed by atoms with Crippen molar-refractivity contribution < 1.29 is 19.4 Å². The summed E-state index contributed by atoms with van der Waals surface area (Å²) in [5, 5.41) is 8.52. The Labute approximate surface area is 106 Å². The highest BCUT2D eigenvalue weighted by Gasteiger charge is 2.16. The third-order valence-corrected chi connectivity index (χ3v) is 2.42. The van der Waals surface area contributed by atoms with Crippen LogP contribution in [0, 0.1) is 0 Å². The van der Waals surface area contributed by atoms with Crippen molar-refractivity contribution in [2.24, 2.45) is 5.73 Å². The van der Waals surface area contributed by atoms with Gasteiger partial charge in [0, 0.05) is 0 Å². The number of carbonyl (C=O) groups excluding carboxylic acids is 1. The molecule has 5 heteroatoms. The van der Waals surface area contributed by atoms with Crippen LogP contribution in [0.25, 0.3) is 0 Å². The maximum atomic E-state index is 11.2. The molecule has 0 amide bonds. The van der Waals surface area contributed by atoms with Gasteiger partial charge in [0.05, 0.1) is 13.0 Å². The van der Waals surface area contributed by atoms with E-state index < -0.39 is 18.0 Å². The standard InChI is InChI=1S/C13H17NO4/c14-11(13(16)17)9-12(15)18-8-4-7-10-5-2-1-3-6-10/h1-3,5-6,11H,4,7-9,14H2,(H,16,17)/t11-/m0/s1. The van der Waals surface area contributed by atoms with Crippen LogP contribution >= 0.6 is 0 Å². The highest BCUT2D eigenvalue weighted by atomic mass is 16.5. The number of rotatable bonds is 7. The lowest BCUT2D eigenvalue weighted by molar-refractivity contribution is -0.148. The summed E-state index contributed by atoms with van der Waals surface area (Å²) in [5.74, 6) is -1.77. The molecule has 18 heavy (non-hydrogen) atoms. The quantitative estimate of drug-likeness (QED) is 0.556. The van der Waals surface area contributed by atoms with E-state index in [9.17, 15) is 9.59 Å². The Kier molecular flexibility index (Phi) is 5.87. The fourth-order valence-corrected chi connectivity index (χ4v) is 1.43. The molecule has 98 valence electrons. The van der Waals surface area contributed by atoms with Crippen molar-refractivity contribution in [2.45, 2.75) is 25.3 Å². The van der Waals surface area contributed by atoms with Gasteiger partial charge in [-0.05, 0) is 18.4 Å². The molecule has 0 saturated heterocycles. The Morgan fingerprint density at radius 1 is 1.28 bits per heavy atom. The van der Waals surface area contributed by atoms with Crippen LogP contribution in [-0.2, 0) is 20.7 Å². The molecule has 0 aliphatic heterocycles. The van der Waals surface area contributed by atoms with Crippen LogP contribution in [0.4, 0.5) is 0 Å². The number of hydrogen-bond acceptors (Lipinski definition) is 4. The van der Waals surface area contributed by atoms with Crippen molar-refractivity contribution in [3.8, 4) is 0 Å². The van der Waals surface area contributed by atoms with Crippen LogP contribution in [-0.4, -0.2) is 29.7 Å². The highest BCUT2D eigenvalue weighted by molar-refractivity contribution is 5.81. The van der Waals surface area contributed by atoms with Crippen molar-refractivity contribution in [1.29, 1.82) is 0 Å². The number of aliphatic carboxylic acids is 1. The fraction of sp³-hybridized carbons (Fsp3) is 0.385. The Morgan fingerprint density at radius 3 is 2.56 bits per heavy atom. The van der Waals surface area contributed by atoms with Crippen LogP contribution in [0.1, 0.15) is 18.4 Å². The minimum absolute atomic E-state index is 0.278. The summed E-state index contributed by atoms with van der Waals surface area (Å²) in [4.78, 5) is 21.6. The van der Waals surface area contributed by atoms with Gasteiger partial charge in [-0.3, -0.25) is 9.59 Å². The monoisotopic (exact) mass is 251 g/mol. The molecule has 0 bridgehead atoms. The van der Waals surface area contributed by atoms with Crippen LogP contribution in [0.5, 0.6) is 0 Å². The summed E-state index contributed by atoms with van der Waals surface area (Å²) in [6, 6.07) is 8.66. The van der Waals surface area contributed by atoms with Crippen LogP contribution in [0.15, 0.2) is 30.3 Å². The molecule has 0 aromatic heterocycles. The Balaban J connectivity index is 2.14. The number of nitrogens with two attached hydrogens (primary N) is 1. The average Bonchev–Trinajstić information content (AvgIpc) is 2.35. The zero-order valence-electron chi connectivity index (χ0n) is 10.0. The first-order valence-corrected chi connectivity index (χ1v) is 5.77. The molecule has 0 radical (unpaired) electrons. The van der Waals surface area contributed by atoms with Crippen LogP contribution in [0.3, 0.4) is 0 Å². The summed E-state index contributed by atoms with van der Waals surface area (Å²) < 4.78 is 4.90. The third-order valence-electron chi connectivity index (χ3n) is 2.42. The largest absolute Gasteiger partial charge is 0.480 e. The van der Waals surface area contributed by atoms with Gasteiger partial charge in [0.25, 0.3) is 0 Å². The fourth-order valence-electron chi connectivity index (χ4n) is 1.43. The zero-order chi connectivity index (χ0) is 13.4. The number of carboxylic acid groups (broad SMARTS) is 1. The number of ether oxygens (including phenoxy) is 1. The number of aryl methyl sites for hydroxylation is 1. The van der Waals surface area contributed by atoms with E-state index in [0.717, 1.165) is 6.42 Å². The van der Waals surface area contributed by atoms with Gasteiger partial charge < -0.3 is 15.6 Å².